The zero-order valence-electron chi connectivity index (χ0n) is 19.6. The highest BCUT2D eigenvalue weighted by Gasteiger charge is 2.32. The number of anilines is 1. The molecule has 2 heterocycles. The molecule has 5 aromatic rings. The van der Waals surface area contributed by atoms with Gasteiger partial charge in [0.05, 0.1) is 0 Å². The first-order valence-corrected chi connectivity index (χ1v) is 12.7. The number of hydrogen-bond acceptors (Lipinski definition) is 6. The second kappa shape index (κ2) is 9.63. The maximum Gasteiger partial charge on any atom is 0.261 e. The molecule has 0 radical (unpaired) electrons. The molecule has 2 amide bonds. The predicted molar refractivity (Wildman–Crippen MR) is 145 cm³/mol. The fraction of sp³-hybridized carbons (Fsp3) is 0.103. The van der Waals surface area contributed by atoms with Gasteiger partial charge in [0, 0.05) is 50.9 Å². The summed E-state index contributed by atoms with van der Waals surface area (Å²) in [7, 11) is 0. The number of imide groups is 1. The smallest absolute Gasteiger partial charge is 0.261 e. The van der Waals surface area contributed by atoms with E-state index in [1.54, 1.807) is 12.1 Å². The van der Waals surface area contributed by atoms with Gasteiger partial charge in [0.25, 0.3) is 11.8 Å². The van der Waals surface area contributed by atoms with Crippen LogP contribution < -0.4 is 5.32 Å². The summed E-state index contributed by atoms with van der Waals surface area (Å²) in [6, 6.07) is 26.5. The molecule has 7 nitrogen and oxygen atoms in total. The van der Waals surface area contributed by atoms with Gasteiger partial charge in [-0.3, -0.25) is 14.5 Å². The van der Waals surface area contributed by atoms with E-state index < -0.39 is 0 Å². The van der Waals surface area contributed by atoms with Gasteiger partial charge in [-0.15, -0.1) is 10.2 Å². The third-order valence-electron chi connectivity index (χ3n) is 6.40. The van der Waals surface area contributed by atoms with Crippen LogP contribution in [0.4, 0.5) is 5.69 Å². The quantitative estimate of drug-likeness (QED) is 0.185. The van der Waals surface area contributed by atoms with Crippen molar-refractivity contribution in [3.05, 3.63) is 101 Å². The third kappa shape index (κ3) is 4.29. The first kappa shape index (κ1) is 23.1. The van der Waals surface area contributed by atoms with E-state index in [0.29, 0.717) is 42.4 Å². The van der Waals surface area contributed by atoms with E-state index in [2.05, 4.69) is 31.4 Å². The van der Waals surface area contributed by atoms with E-state index in [1.165, 1.54) is 4.90 Å². The van der Waals surface area contributed by atoms with E-state index in [0.717, 1.165) is 32.1 Å². The summed E-state index contributed by atoms with van der Waals surface area (Å²) < 4.78 is 6.69. The van der Waals surface area contributed by atoms with Crippen LogP contribution in [0.2, 0.25) is 0 Å². The van der Waals surface area contributed by atoms with Crippen LogP contribution in [0.5, 0.6) is 0 Å². The van der Waals surface area contributed by atoms with Crippen LogP contribution in [0.1, 0.15) is 27.1 Å². The normalized spacial score (nSPS) is 12.8. The fourth-order valence-electron chi connectivity index (χ4n) is 4.55. The summed E-state index contributed by atoms with van der Waals surface area (Å²) in [4.78, 5) is 27.5. The van der Waals surface area contributed by atoms with Crippen molar-refractivity contribution in [1.82, 2.24) is 15.1 Å². The molecule has 0 saturated carbocycles. The van der Waals surface area contributed by atoms with Crippen LogP contribution in [0.25, 0.3) is 33.7 Å². The van der Waals surface area contributed by atoms with Crippen LogP contribution in [0.3, 0.4) is 0 Å². The van der Waals surface area contributed by atoms with Crippen molar-refractivity contribution in [2.24, 2.45) is 0 Å². The van der Waals surface area contributed by atoms with Crippen LogP contribution >= 0.6 is 15.9 Å². The van der Waals surface area contributed by atoms with Crippen molar-refractivity contribution in [2.45, 2.75) is 6.42 Å². The maximum absolute atomic E-state index is 13.1. The molecule has 1 aliphatic heterocycles. The highest BCUT2D eigenvalue weighted by atomic mass is 79.9. The SMILES string of the molecule is O=C1c2cccc3c(Br)ccc(c23)C(=O)N1CCCNc1ccc(-c2nnc(-c3ccccc3)o2)cc1. The summed E-state index contributed by atoms with van der Waals surface area (Å²) in [5, 5.41) is 13.2. The minimum atomic E-state index is -0.250. The number of nitrogens with one attached hydrogen (secondary N) is 1. The summed E-state index contributed by atoms with van der Waals surface area (Å²) in [6.45, 7) is 0.936. The lowest BCUT2D eigenvalue weighted by atomic mass is 9.94. The van der Waals surface area contributed by atoms with Crippen molar-refractivity contribution < 1.29 is 14.0 Å². The Labute approximate surface area is 221 Å². The number of aromatic nitrogens is 2. The third-order valence-corrected chi connectivity index (χ3v) is 7.10. The Balaban J connectivity index is 1.08. The summed E-state index contributed by atoms with van der Waals surface area (Å²) in [5.41, 5.74) is 3.74. The highest BCUT2D eigenvalue weighted by Crippen LogP contribution is 2.34. The Morgan fingerprint density at radius 3 is 2.16 bits per heavy atom. The number of hydrogen-bond donors (Lipinski definition) is 1. The van der Waals surface area contributed by atoms with Gasteiger partial charge in [-0.05, 0) is 66.4 Å². The zero-order valence-corrected chi connectivity index (χ0v) is 21.2. The Kier molecular flexibility index (Phi) is 6.02. The molecule has 1 aromatic heterocycles. The van der Waals surface area contributed by atoms with E-state index >= 15 is 0 Å². The minimum Gasteiger partial charge on any atom is -0.416 e. The molecule has 0 aliphatic carbocycles. The number of rotatable bonds is 7. The second-order valence-electron chi connectivity index (χ2n) is 8.72. The summed E-state index contributed by atoms with van der Waals surface area (Å²) in [5.74, 6) is 0.431. The topological polar surface area (TPSA) is 88.3 Å². The van der Waals surface area contributed by atoms with Crippen molar-refractivity contribution in [2.75, 3.05) is 18.4 Å². The van der Waals surface area contributed by atoms with Gasteiger partial charge in [-0.2, -0.15) is 0 Å². The van der Waals surface area contributed by atoms with Gasteiger partial charge < -0.3 is 9.73 Å². The summed E-state index contributed by atoms with van der Waals surface area (Å²) in [6.07, 6.45) is 0.616. The Bertz CT molecular complexity index is 1610. The zero-order chi connectivity index (χ0) is 25.4. The van der Waals surface area contributed by atoms with E-state index in [4.69, 9.17) is 4.42 Å². The number of benzene rings is 4. The number of halogens is 1. The molecule has 0 bridgehead atoms. The number of carbonyl (C=O) groups excluding carboxylic acids is 2. The first-order chi connectivity index (χ1) is 18.1. The molecular weight excluding hydrogens is 532 g/mol. The molecule has 182 valence electrons. The van der Waals surface area contributed by atoms with Gasteiger partial charge in [0.2, 0.25) is 11.8 Å². The predicted octanol–water partition coefficient (Wildman–Crippen LogP) is 6.42. The van der Waals surface area contributed by atoms with Crippen molar-refractivity contribution in [1.29, 1.82) is 0 Å². The lowest BCUT2D eigenvalue weighted by molar-refractivity contribution is 0.0610. The van der Waals surface area contributed by atoms with Crippen LogP contribution in [0.15, 0.2) is 93.8 Å². The van der Waals surface area contributed by atoms with Gasteiger partial charge in [0.15, 0.2) is 0 Å². The molecule has 1 N–H and O–H groups in total. The van der Waals surface area contributed by atoms with Crippen LogP contribution in [-0.4, -0.2) is 40.0 Å². The molecule has 0 saturated heterocycles. The van der Waals surface area contributed by atoms with E-state index in [1.807, 2.05) is 72.8 Å². The number of amides is 2. The molecule has 0 spiro atoms. The molecular formula is C29H21BrN4O3. The Morgan fingerprint density at radius 1 is 0.757 bits per heavy atom. The molecule has 0 fully saturated rings. The van der Waals surface area contributed by atoms with Crippen molar-refractivity contribution in [3.8, 4) is 22.9 Å². The molecule has 37 heavy (non-hydrogen) atoms. The Morgan fingerprint density at radius 2 is 1.43 bits per heavy atom. The first-order valence-electron chi connectivity index (χ1n) is 11.9. The van der Waals surface area contributed by atoms with Crippen molar-refractivity contribution in [3.63, 3.8) is 0 Å². The van der Waals surface area contributed by atoms with Gasteiger partial charge in [-0.1, -0.05) is 46.3 Å². The van der Waals surface area contributed by atoms with Crippen molar-refractivity contribution >= 4 is 44.2 Å². The maximum atomic E-state index is 13.1. The standard InChI is InChI=1S/C29H21BrN4O3/c30-24-15-14-23-25-21(24)8-4-9-22(25)28(35)34(29(23)36)17-5-16-31-20-12-10-19(11-13-20)27-33-32-26(37-27)18-6-2-1-3-7-18/h1-4,6-15,31H,5,16-17H2. The highest BCUT2D eigenvalue weighted by molar-refractivity contribution is 9.10. The average molecular weight is 553 g/mol. The monoisotopic (exact) mass is 552 g/mol. The van der Waals surface area contributed by atoms with Gasteiger partial charge in [0.1, 0.15) is 0 Å². The fourth-order valence-corrected chi connectivity index (χ4v) is 5.01. The van der Waals surface area contributed by atoms with E-state index in [9.17, 15) is 9.59 Å². The van der Waals surface area contributed by atoms with E-state index in [-0.39, 0.29) is 11.8 Å². The van der Waals surface area contributed by atoms with Gasteiger partial charge in [-0.25, -0.2) is 0 Å². The second-order valence-corrected chi connectivity index (χ2v) is 9.58. The minimum absolute atomic E-state index is 0.250. The summed E-state index contributed by atoms with van der Waals surface area (Å²) >= 11 is 3.52. The van der Waals surface area contributed by atoms with Gasteiger partial charge >= 0.3 is 0 Å². The molecule has 0 unspecified atom stereocenters. The number of nitrogens with zero attached hydrogens (tertiary/aromatic N) is 3. The molecule has 0 atom stereocenters. The lowest BCUT2D eigenvalue weighted by Crippen LogP contribution is -2.41. The largest absolute Gasteiger partial charge is 0.416 e. The average Bonchev–Trinajstić information content (AvgIpc) is 3.43. The molecule has 1 aliphatic rings. The molecule has 4 aromatic carbocycles. The number of carbonyl (C=O) groups is 2. The lowest BCUT2D eigenvalue weighted by Gasteiger charge is -2.27. The van der Waals surface area contributed by atoms with Crippen LogP contribution in [-0.2, 0) is 0 Å². The molecule has 8 heteroatoms. The molecule has 6 rings (SSSR count). The van der Waals surface area contributed by atoms with Crippen LogP contribution in [0, 0.1) is 0 Å². The Hall–Kier alpha value is -4.30.